The number of hydrogen-bond donors (Lipinski definition) is 0. The highest BCUT2D eigenvalue weighted by Crippen LogP contribution is 2.35. The molecule has 2 aromatic heterocycles. The van der Waals surface area contributed by atoms with Gasteiger partial charge >= 0.3 is 0 Å². The van der Waals surface area contributed by atoms with Gasteiger partial charge in [-0.3, -0.25) is 14.5 Å². The van der Waals surface area contributed by atoms with Crippen molar-refractivity contribution in [1.82, 2.24) is 23.8 Å². The second-order valence-electron chi connectivity index (χ2n) is 10.4. The molecule has 0 aliphatic carbocycles. The number of likely N-dealkylation sites (N-methyl/N-ethyl adjacent to an activating group) is 1. The molecule has 0 radical (unpaired) electrons. The maximum absolute atomic E-state index is 13.1. The molecule has 7 nitrogen and oxygen atoms in total. The molecular weight excluding hydrogens is 426 g/mol. The highest BCUT2D eigenvalue weighted by Gasteiger charge is 2.34. The molecule has 3 aliphatic heterocycles. The fourth-order valence-corrected chi connectivity index (χ4v) is 6.24. The van der Waals surface area contributed by atoms with E-state index in [1.807, 2.05) is 15.5 Å². The van der Waals surface area contributed by atoms with E-state index >= 15 is 0 Å². The number of hydrogen-bond acceptors (Lipinski definition) is 4. The molecule has 2 saturated heterocycles. The summed E-state index contributed by atoms with van der Waals surface area (Å²) >= 11 is 0. The second kappa shape index (κ2) is 8.71. The molecule has 34 heavy (non-hydrogen) atoms. The second-order valence-corrected chi connectivity index (χ2v) is 10.4. The lowest BCUT2D eigenvalue weighted by atomic mass is 9.83. The van der Waals surface area contributed by atoms with Gasteiger partial charge in [0.25, 0.3) is 5.56 Å². The minimum Gasteiger partial charge on any atom is -0.340 e. The van der Waals surface area contributed by atoms with Crippen LogP contribution in [-0.2, 0) is 24.4 Å². The van der Waals surface area contributed by atoms with Crippen LogP contribution in [0.4, 0.5) is 0 Å². The summed E-state index contributed by atoms with van der Waals surface area (Å²) in [6.07, 6.45) is 3.82. The summed E-state index contributed by atoms with van der Waals surface area (Å²) in [7, 11) is 2.11. The van der Waals surface area contributed by atoms with E-state index in [0.29, 0.717) is 18.3 Å². The minimum atomic E-state index is 0.131. The van der Waals surface area contributed by atoms with Crippen LogP contribution < -0.4 is 5.56 Å². The van der Waals surface area contributed by atoms with Crippen molar-refractivity contribution in [3.63, 3.8) is 0 Å². The average molecular weight is 460 g/mol. The zero-order valence-corrected chi connectivity index (χ0v) is 19.9. The van der Waals surface area contributed by atoms with Crippen LogP contribution in [0.5, 0.6) is 0 Å². The molecule has 7 heteroatoms. The van der Waals surface area contributed by atoms with Gasteiger partial charge < -0.3 is 18.9 Å². The molecule has 178 valence electrons. The van der Waals surface area contributed by atoms with Crippen molar-refractivity contribution >= 4 is 16.8 Å². The fraction of sp³-hybridized carbons (Fsp3) is 0.481. The zero-order valence-electron chi connectivity index (χ0n) is 19.9. The van der Waals surface area contributed by atoms with Crippen molar-refractivity contribution in [2.75, 3.05) is 46.3 Å². The van der Waals surface area contributed by atoms with Crippen molar-refractivity contribution in [2.45, 2.75) is 32.0 Å². The van der Waals surface area contributed by atoms with E-state index in [-0.39, 0.29) is 11.5 Å². The molecule has 3 aromatic rings. The topological polar surface area (TPSA) is 53.7 Å². The molecule has 6 rings (SSSR count). The molecule has 0 spiro atoms. The monoisotopic (exact) mass is 459 g/mol. The van der Waals surface area contributed by atoms with Crippen LogP contribution in [0.1, 0.15) is 23.6 Å². The summed E-state index contributed by atoms with van der Waals surface area (Å²) in [6.45, 7) is 7.11. The van der Waals surface area contributed by atoms with Crippen LogP contribution in [0, 0.1) is 5.92 Å². The Balaban J connectivity index is 1.22. The molecule has 0 N–H and O–H groups in total. The number of nitrogens with zero attached hydrogens (tertiary/aromatic N) is 5. The number of carbonyl (C=O) groups is 1. The van der Waals surface area contributed by atoms with E-state index in [0.717, 1.165) is 64.5 Å². The quantitative estimate of drug-likeness (QED) is 0.600. The lowest BCUT2D eigenvalue weighted by Gasteiger charge is -2.42. The van der Waals surface area contributed by atoms with Crippen molar-refractivity contribution in [3.8, 4) is 0 Å². The molecule has 1 aromatic carbocycles. The number of piperidine rings is 1. The fourth-order valence-electron chi connectivity index (χ4n) is 6.24. The minimum absolute atomic E-state index is 0.131. The summed E-state index contributed by atoms with van der Waals surface area (Å²) in [5.74, 6) is 1.14. The van der Waals surface area contributed by atoms with Crippen molar-refractivity contribution in [2.24, 2.45) is 5.92 Å². The van der Waals surface area contributed by atoms with Crippen LogP contribution in [0.2, 0.25) is 0 Å². The van der Waals surface area contributed by atoms with Crippen LogP contribution in [-0.4, -0.2) is 76.1 Å². The third-order valence-corrected chi connectivity index (χ3v) is 7.98. The Labute approximate surface area is 200 Å². The Kier molecular flexibility index (Phi) is 5.54. The summed E-state index contributed by atoms with van der Waals surface area (Å²) in [5.41, 5.74) is 3.63. The van der Waals surface area contributed by atoms with Crippen LogP contribution >= 0.6 is 0 Å². The van der Waals surface area contributed by atoms with Gasteiger partial charge in [-0.15, -0.1) is 0 Å². The first-order valence-corrected chi connectivity index (χ1v) is 12.5. The maximum atomic E-state index is 13.1. The normalized spacial score (nSPS) is 23.3. The SMILES string of the molecule is CN1CCN(C(=O)Cc2cn(CN3C[C@@H]4C[C@H](C3)c3cccc(=O)n3C4)c3ccccc23)CC1. The number of para-hydroxylation sites is 1. The number of piperazine rings is 1. The standard InChI is InChI=1S/C27H33N5O2/c1-28-9-11-30(12-10-28)27(34)14-21-18-31(25-6-3-2-5-23(21)25)19-29-15-20-13-22(17-29)24-7-4-8-26(33)32(24)16-20/h2-8,18,20,22H,9-17,19H2,1H3/t20-,22+/m0/s1. The van der Waals surface area contributed by atoms with Gasteiger partial charge in [0.1, 0.15) is 0 Å². The highest BCUT2D eigenvalue weighted by atomic mass is 16.2. The number of likely N-dealkylation sites (tertiary alicyclic amines) is 1. The lowest BCUT2D eigenvalue weighted by Crippen LogP contribution is -2.47. The first-order valence-electron chi connectivity index (χ1n) is 12.5. The number of rotatable bonds is 4. The maximum Gasteiger partial charge on any atom is 0.250 e. The Bertz CT molecular complexity index is 1270. The van der Waals surface area contributed by atoms with E-state index in [1.54, 1.807) is 6.07 Å². The van der Waals surface area contributed by atoms with Crippen LogP contribution in [0.3, 0.4) is 0 Å². The number of amides is 1. The zero-order chi connectivity index (χ0) is 23.2. The third kappa shape index (κ3) is 3.97. The van der Waals surface area contributed by atoms with Gasteiger partial charge in [-0.2, -0.15) is 0 Å². The van der Waals surface area contributed by atoms with E-state index in [1.165, 1.54) is 16.6 Å². The first kappa shape index (κ1) is 21.6. The van der Waals surface area contributed by atoms with Crippen molar-refractivity contribution in [1.29, 1.82) is 0 Å². The molecule has 5 heterocycles. The van der Waals surface area contributed by atoms with Gasteiger partial charge in [-0.1, -0.05) is 24.3 Å². The Hall–Kier alpha value is -2.90. The summed E-state index contributed by atoms with van der Waals surface area (Å²) in [6, 6.07) is 14.2. The number of benzene rings is 1. The Morgan fingerprint density at radius 1 is 0.971 bits per heavy atom. The van der Waals surface area contributed by atoms with E-state index in [9.17, 15) is 9.59 Å². The molecule has 3 aliphatic rings. The van der Waals surface area contributed by atoms with Gasteiger partial charge in [-0.05, 0) is 37.1 Å². The van der Waals surface area contributed by atoms with Gasteiger partial charge in [0, 0.05) is 80.6 Å². The predicted molar refractivity (Wildman–Crippen MR) is 133 cm³/mol. The van der Waals surface area contributed by atoms with Gasteiger partial charge in [0.2, 0.25) is 5.91 Å². The van der Waals surface area contributed by atoms with Gasteiger partial charge in [-0.25, -0.2) is 0 Å². The van der Waals surface area contributed by atoms with Crippen LogP contribution in [0.15, 0.2) is 53.5 Å². The highest BCUT2D eigenvalue weighted by molar-refractivity contribution is 5.89. The van der Waals surface area contributed by atoms with Crippen molar-refractivity contribution in [3.05, 3.63) is 70.3 Å². The van der Waals surface area contributed by atoms with E-state index in [4.69, 9.17) is 0 Å². The Morgan fingerprint density at radius 2 is 1.79 bits per heavy atom. The predicted octanol–water partition coefficient (Wildman–Crippen LogP) is 2.20. The number of carbonyl (C=O) groups excluding carboxylic acids is 1. The molecule has 2 bridgehead atoms. The Morgan fingerprint density at radius 3 is 2.65 bits per heavy atom. The molecule has 0 saturated carbocycles. The first-order chi connectivity index (χ1) is 16.5. The summed E-state index contributed by atoms with van der Waals surface area (Å²) in [5, 5.41) is 1.18. The average Bonchev–Trinajstić information content (AvgIpc) is 3.17. The van der Waals surface area contributed by atoms with Gasteiger partial charge in [0.15, 0.2) is 0 Å². The molecular formula is C27H33N5O2. The van der Waals surface area contributed by atoms with Crippen molar-refractivity contribution < 1.29 is 4.79 Å². The lowest BCUT2D eigenvalue weighted by molar-refractivity contribution is -0.132. The summed E-state index contributed by atoms with van der Waals surface area (Å²) < 4.78 is 4.31. The number of pyridine rings is 1. The molecule has 1 amide bonds. The summed E-state index contributed by atoms with van der Waals surface area (Å²) in [4.78, 5) is 32.2. The molecule has 0 unspecified atom stereocenters. The van der Waals surface area contributed by atoms with E-state index < -0.39 is 0 Å². The third-order valence-electron chi connectivity index (χ3n) is 7.98. The van der Waals surface area contributed by atoms with E-state index in [2.05, 4.69) is 57.9 Å². The number of aromatic nitrogens is 2. The van der Waals surface area contributed by atoms with Gasteiger partial charge in [0.05, 0.1) is 13.1 Å². The number of fused-ring (bicyclic) bond motifs is 5. The van der Waals surface area contributed by atoms with Crippen LogP contribution in [0.25, 0.3) is 10.9 Å². The molecule has 2 fully saturated rings. The largest absolute Gasteiger partial charge is 0.340 e. The smallest absolute Gasteiger partial charge is 0.250 e. The molecule has 2 atom stereocenters.